The van der Waals surface area contributed by atoms with Gasteiger partial charge in [-0.05, 0) is 0 Å². The van der Waals surface area contributed by atoms with Gasteiger partial charge in [0.05, 0.1) is 0 Å². The Balaban J connectivity index is 2.18. The van der Waals surface area contributed by atoms with Gasteiger partial charge in [0, 0.05) is 0 Å². The molecule has 3 nitrogen and oxygen atoms in total. The first-order valence-corrected chi connectivity index (χ1v) is 8.91. The summed E-state index contributed by atoms with van der Waals surface area (Å²) in [6, 6.07) is 16.6. The first-order chi connectivity index (χ1) is 9.58. The average Bonchev–Trinajstić information content (AvgIpc) is 2.48. The predicted octanol–water partition coefficient (Wildman–Crippen LogP) is 4.04. The van der Waals surface area contributed by atoms with E-state index in [-0.39, 0.29) is 25.6 Å². The Kier molecular flexibility index (Phi) is 5.54. The van der Waals surface area contributed by atoms with Crippen molar-refractivity contribution in [1.82, 2.24) is 0 Å². The molecular weight excluding hydrogens is 453 g/mol. The fourth-order valence-electron chi connectivity index (χ4n) is 1.48. The van der Waals surface area contributed by atoms with E-state index in [1.165, 1.54) is 12.1 Å². The van der Waals surface area contributed by atoms with E-state index in [0.717, 1.165) is 17.9 Å². The van der Waals surface area contributed by atoms with Crippen molar-refractivity contribution in [3.8, 4) is 0 Å². The van der Waals surface area contributed by atoms with Crippen LogP contribution in [0.3, 0.4) is 0 Å². The molecule has 0 heterocycles. The Morgan fingerprint density at radius 1 is 1.00 bits per heavy atom. The summed E-state index contributed by atoms with van der Waals surface area (Å²) in [5.74, 6) is 0. The van der Waals surface area contributed by atoms with Gasteiger partial charge in [0.25, 0.3) is 0 Å². The van der Waals surface area contributed by atoms with Gasteiger partial charge in [0.2, 0.25) is 0 Å². The Labute approximate surface area is 139 Å². The van der Waals surface area contributed by atoms with E-state index in [2.05, 4.69) is 31.9 Å². The van der Waals surface area contributed by atoms with Gasteiger partial charge in [0.1, 0.15) is 0 Å². The molecule has 0 N–H and O–H groups in total. The van der Waals surface area contributed by atoms with E-state index in [1.54, 1.807) is 12.1 Å². The molecule has 102 valence electrons. The zero-order valence-electron chi connectivity index (χ0n) is 10.1. The van der Waals surface area contributed by atoms with Crippen LogP contribution in [-0.4, -0.2) is 19.9 Å². The third-order valence-electron chi connectivity index (χ3n) is 2.45. The molecule has 6 heteroatoms. The molecule has 2 aromatic rings. The second-order valence-corrected chi connectivity index (χ2v) is 8.85. The van der Waals surface area contributed by atoms with Crippen LogP contribution < -0.4 is 4.46 Å². The third kappa shape index (κ3) is 4.03. The van der Waals surface area contributed by atoms with Crippen LogP contribution in [-0.2, 0) is 0 Å². The van der Waals surface area contributed by atoms with Crippen LogP contribution in [0.15, 0.2) is 58.0 Å². The predicted molar refractivity (Wildman–Crippen MR) is 89.7 cm³/mol. The monoisotopic (exact) mass is 461 g/mol. The number of nitro groups is 1. The van der Waals surface area contributed by atoms with Gasteiger partial charge in [-0.25, -0.2) is 0 Å². The van der Waals surface area contributed by atoms with Gasteiger partial charge < -0.3 is 0 Å². The van der Waals surface area contributed by atoms with E-state index in [0.29, 0.717) is 0 Å². The Morgan fingerprint density at radius 3 is 2.15 bits per heavy atom. The van der Waals surface area contributed by atoms with Gasteiger partial charge in [-0.15, -0.1) is 0 Å². The van der Waals surface area contributed by atoms with Gasteiger partial charge >= 0.3 is 140 Å². The van der Waals surface area contributed by atoms with Crippen molar-refractivity contribution >= 4 is 61.4 Å². The molecular formula is C14H9Br2NO2Se. The zero-order valence-corrected chi connectivity index (χ0v) is 15.0. The standard InChI is InChI=1S/C14H9Br2NO2Se/c15-13(10-4-2-1-3-5-10)14(16)20-12-8-6-11(7-9-12)17(18)19/h1-9H/b14-13+. The van der Waals surface area contributed by atoms with E-state index >= 15 is 0 Å². The number of benzene rings is 2. The SMILES string of the molecule is O=[N+]([O-])c1ccc([Se]/C(Br)=C(/Br)c2ccccc2)cc1. The zero-order chi connectivity index (χ0) is 14.5. The third-order valence-corrected chi connectivity index (χ3v) is 7.54. The van der Waals surface area contributed by atoms with Crippen molar-refractivity contribution in [1.29, 1.82) is 0 Å². The molecule has 2 aromatic carbocycles. The van der Waals surface area contributed by atoms with Crippen molar-refractivity contribution < 1.29 is 4.92 Å². The van der Waals surface area contributed by atoms with E-state index in [1.807, 2.05) is 30.3 Å². The molecule has 0 amide bonds. The summed E-state index contributed by atoms with van der Waals surface area (Å²) in [6.07, 6.45) is 0. The average molecular weight is 462 g/mol. The first kappa shape index (κ1) is 15.4. The first-order valence-electron chi connectivity index (χ1n) is 5.61. The number of halogens is 2. The van der Waals surface area contributed by atoms with Crippen LogP contribution in [0.25, 0.3) is 4.48 Å². The molecule has 0 aliphatic heterocycles. The molecule has 0 saturated heterocycles. The van der Waals surface area contributed by atoms with Crippen molar-refractivity contribution in [2.45, 2.75) is 0 Å². The van der Waals surface area contributed by atoms with Crippen molar-refractivity contribution in [3.05, 3.63) is 73.7 Å². The number of hydrogen-bond acceptors (Lipinski definition) is 2. The number of nitro benzene ring substituents is 1. The molecule has 0 aliphatic carbocycles. The number of hydrogen-bond donors (Lipinski definition) is 0. The van der Waals surface area contributed by atoms with Crippen molar-refractivity contribution in [2.75, 3.05) is 0 Å². The molecule has 0 saturated carbocycles. The van der Waals surface area contributed by atoms with Gasteiger partial charge in [-0.2, -0.15) is 0 Å². The summed E-state index contributed by atoms with van der Waals surface area (Å²) in [5.41, 5.74) is 1.22. The van der Waals surface area contributed by atoms with E-state index in [4.69, 9.17) is 0 Å². The van der Waals surface area contributed by atoms with E-state index in [9.17, 15) is 10.1 Å². The number of rotatable bonds is 4. The Morgan fingerprint density at radius 2 is 1.60 bits per heavy atom. The van der Waals surface area contributed by atoms with Crippen LogP contribution in [0, 0.1) is 10.1 Å². The molecule has 0 unspecified atom stereocenters. The van der Waals surface area contributed by atoms with Crippen LogP contribution in [0.1, 0.15) is 5.56 Å². The van der Waals surface area contributed by atoms with Crippen LogP contribution in [0.5, 0.6) is 0 Å². The number of nitrogens with zero attached hydrogens (tertiary/aromatic N) is 1. The second kappa shape index (κ2) is 7.18. The molecule has 2 rings (SSSR count). The topological polar surface area (TPSA) is 43.1 Å². The van der Waals surface area contributed by atoms with Gasteiger partial charge in [-0.3, -0.25) is 0 Å². The quantitative estimate of drug-likeness (QED) is 0.392. The molecule has 0 radical (unpaired) electrons. The fraction of sp³-hybridized carbons (Fsp3) is 0. The second-order valence-electron chi connectivity index (χ2n) is 3.81. The summed E-state index contributed by atoms with van der Waals surface area (Å²) >= 11 is 7.24. The normalized spacial score (nSPS) is 11.9. The Bertz CT molecular complexity index is 642. The van der Waals surface area contributed by atoms with E-state index < -0.39 is 0 Å². The maximum atomic E-state index is 10.6. The summed E-state index contributed by atoms with van der Waals surface area (Å²) in [5, 5.41) is 10.6. The molecule has 20 heavy (non-hydrogen) atoms. The van der Waals surface area contributed by atoms with Crippen LogP contribution in [0.2, 0.25) is 0 Å². The molecule has 0 spiro atoms. The van der Waals surface area contributed by atoms with Gasteiger partial charge in [0.15, 0.2) is 0 Å². The molecule has 0 bridgehead atoms. The van der Waals surface area contributed by atoms with Crippen molar-refractivity contribution in [2.24, 2.45) is 0 Å². The minimum atomic E-state index is -0.387. The molecule has 0 aromatic heterocycles. The molecule has 0 aliphatic rings. The summed E-state index contributed by atoms with van der Waals surface area (Å²) in [4.78, 5) is 10.2. The summed E-state index contributed by atoms with van der Waals surface area (Å²) in [6.45, 7) is 0. The van der Waals surface area contributed by atoms with Crippen molar-refractivity contribution in [3.63, 3.8) is 0 Å². The molecule has 0 atom stereocenters. The fourth-order valence-corrected chi connectivity index (χ4v) is 4.81. The Hall–Kier alpha value is -0.941. The van der Waals surface area contributed by atoms with Gasteiger partial charge in [-0.1, -0.05) is 0 Å². The summed E-state index contributed by atoms with van der Waals surface area (Å²) in [7, 11) is 0. The summed E-state index contributed by atoms with van der Waals surface area (Å²) < 4.78 is 3.14. The van der Waals surface area contributed by atoms with Crippen LogP contribution >= 0.6 is 31.9 Å². The maximum absolute atomic E-state index is 10.6. The minimum absolute atomic E-state index is 0.0593. The number of non-ortho nitro benzene ring substituents is 1. The molecule has 0 fully saturated rings. The van der Waals surface area contributed by atoms with Crippen LogP contribution in [0.4, 0.5) is 5.69 Å².